The fourth-order valence-electron chi connectivity index (χ4n) is 6.67. The van der Waals surface area contributed by atoms with Crippen molar-refractivity contribution in [3.63, 3.8) is 0 Å². The predicted molar refractivity (Wildman–Crippen MR) is 187 cm³/mol. The van der Waals surface area contributed by atoms with Crippen molar-refractivity contribution in [1.82, 2.24) is 0 Å². The number of nitrogens with two attached hydrogens (primary N) is 1. The average Bonchev–Trinajstić information content (AvgIpc) is 3.05. The minimum absolute atomic E-state index is 0.0690. The normalized spacial score (nSPS) is 43.5. The highest BCUT2D eigenvalue weighted by Gasteiger charge is 2.51. The van der Waals surface area contributed by atoms with Gasteiger partial charge in [-0.1, -0.05) is 62.5 Å². The molecule has 0 aromatic carbocycles. The summed E-state index contributed by atoms with van der Waals surface area (Å²) in [6, 6.07) is -1.11. The molecule has 2 bridgehead atoms. The van der Waals surface area contributed by atoms with Gasteiger partial charge in [0, 0.05) is 32.1 Å². The molecule has 0 amide bonds. The van der Waals surface area contributed by atoms with Crippen LogP contribution in [0.2, 0.25) is 0 Å². The van der Waals surface area contributed by atoms with Crippen molar-refractivity contribution < 1.29 is 69.4 Å². The first-order valence-corrected chi connectivity index (χ1v) is 18.1. The molecule has 0 aromatic rings. The standard InChI is InChI=1S/C37H59NO14/c1-21(2)28-14-12-10-8-6-4-5-7-9-11-13-24(50-36-34(45)32(38)33(44)22(3)49-36)18-29-31(35(46)47)27(42)20-37(48,52-29)19-23(39)17-26(41)25(40)15-16-30(43)51-28/h4-9,11,13,21-29,31-34,36,39-42,44-45,48H,10,12,14-20,38H2,1-3H3,(H,46,47)/b5-4+,8-6+,9-7+,13-11+/t22-,23-,24+,25+,26-,27-,28+,29-,31+,32+,33-,34-,36-,37+/m1/s1. The summed E-state index contributed by atoms with van der Waals surface area (Å²) < 4.78 is 23.2. The van der Waals surface area contributed by atoms with Crippen LogP contribution in [0.15, 0.2) is 48.6 Å². The van der Waals surface area contributed by atoms with E-state index in [1.54, 1.807) is 37.3 Å². The highest BCUT2D eigenvalue weighted by molar-refractivity contribution is 5.71. The van der Waals surface area contributed by atoms with Gasteiger partial charge in [-0.05, 0) is 38.5 Å². The molecule has 15 heteroatoms. The van der Waals surface area contributed by atoms with Crippen LogP contribution in [-0.4, -0.2) is 132 Å². The van der Waals surface area contributed by atoms with E-state index in [0.29, 0.717) is 6.42 Å². The molecular weight excluding hydrogens is 682 g/mol. The molecule has 10 N–H and O–H groups in total. The van der Waals surface area contributed by atoms with E-state index in [1.807, 2.05) is 32.1 Å². The van der Waals surface area contributed by atoms with Crippen LogP contribution in [0.1, 0.15) is 78.6 Å². The zero-order valence-electron chi connectivity index (χ0n) is 30.2. The maximum Gasteiger partial charge on any atom is 0.311 e. The summed E-state index contributed by atoms with van der Waals surface area (Å²) in [4.78, 5) is 24.9. The van der Waals surface area contributed by atoms with Gasteiger partial charge in [0.25, 0.3) is 0 Å². The van der Waals surface area contributed by atoms with E-state index in [1.165, 1.54) is 0 Å². The topological polar surface area (TPSA) is 259 Å². The molecule has 296 valence electrons. The van der Waals surface area contributed by atoms with E-state index in [4.69, 9.17) is 24.7 Å². The number of hydrogen-bond donors (Lipinski definition) is 9. The van der Waals surface area contributed by atoms with Crippen molar-refractivity contribution in [2.75, 3.05) is 0 Å². The van der Waals surface area contributed by atoms with Gasteiger partial charge in [-0.15, -0.1) is 0 Å². The summed E-state index contributed by atoms with van der Waals surface area (Å²) in [5.41, 5.74) is 5.99. The number of carboxylic acids is 1. The number of fused-ring (bicyclic) bond motifs is 2. The van der Waals surface area contributed by atoms with Gasteiger partial charge in [-0.25, -0.2) is 0 Å². The minimum Gasteiger partial charge on any atom is -0.481 e. The fraction of sp³-hybridized carbons (Fsp3) is 0.730. The second-order valence-corrected chi connectivity index (χ2v) is 14.5. The van der Waals surface area contributed by atoms with Crippen LogP contribution in [0.5, 0.6) is 0 Å². The van der Waals surface area contributed by atoms with E-state index >= 15 is 0 Å². The summed E-state index contributed by atoms with van der Waals surface area (Å²) in [5, 5.41) is 85.4. The Hall–Kier alpha value is -2.54. The molecule has 52 heavy (non-hydrogen) atoms. The second kappa shape index (κ2) is 20.8. The van der Waals surface area contributed by atoms with Crippen LogP contribution in [0.3, 0.4) is 0 Å². The van der Waals surface area contributed by atoms with Crippen LogP contribution >= 0.6 is 0 Å². The summed E-state index contributed by atoms with van der Waals surface area (Å²) in [5.74, 6) is -5.65. The van der Waals surface area contributed by atoms with E-state index < -0.39 is 110 Å². The minimum atomic E-state index is -2.25. The molecule has 14 atom stereocenters. The van der Waals surface area contributed by atoms with Crippen molar-refractivity contribution in [2.24, 2.45) is 17.6 Å². The SMILES string of the molecule is CC(C)[C@@H]1CCC/C=C/C=C/C=C/C=C/[C@H](O[C@H]2O[C@H](C)[C@@H](O)[C@H](N)[C@H]2O)C[C@H]2O[C@@](O)(C[C@H](O)C[C@@H](O)[C@@H](O)CCC(=O)O1)C[C@@H](O)[C@@H]2C(=O)O. The third-order valence-electron chi connectivity index (χ3n) is 9.73. The van der Waals surface area contributed by atoms with Gasteiger partial charge >= 0.3 is 11.9 Å². The van der Waals surface area contributed by atoms with Crippen molar-refractivity contribution in [3.05, 3.63) is 48.6 Å². The summed E-state index contributed by atoms with van der Waals surface area (Å²) in [6.07, 6.45) is 0.558. The predicted octanol–water partition coefficient (Wildman–Crippen LogP) is 0.714. The molecule has 15 nitrogen and oxygen atoms in total. The first-order chi connectivity index (χ1) is 24.5. The number of esters is 1. The lowest BCUT2D eigenvalue weighted by atomic mass is 9.82. The highest BCUT2D eigenvalue weighted by Crippen LogP contribution is 2.38. The molecule has 3 aliphatic heterocycles. The highest BCUT2D eigenvalue weighted by atomic mass is 16.7. The molecule has 3 aliphatic rings. The van der Waals surface area contributed by atoms with Gasteiger partial charge in [0.1, 0.15) is 18.1 Å². The van der Waals surface area contributed by atoms with Gasteiger partial charge in [0.2, 0.25) is 0 Å². The monoisotopic (exact) mass is 741 g/mol. The van der Waals surface area contributed by atoms with E-state index in [0.717, 1.165) is 12.8 Å². The van der Waals surface area contributed by atoms with Crippen LogP contribution in [0.4, 0.5) is 0 Å². The lowest BCUT2D eigenvalue weighted by molar-refractivity contribution is -0.308. The first kappa shape index (κ1) is 43.9. The number of ether oxygens (including phenoxy) is 4. The lowest BCUT2D eigenvalue weighted by Crippen LogP contribution is -2.61. The van der Waals surface area contributed by atoms with Crippen LogP contribution in [0, 0.1) is 11.8 Å². The Morgan fingerprint density at radius 1 is 0.923 bits per heavy atom. The number of aliphatic hydroxyl groups is 7. The van der Waals surface area contributed by atoms with Crippen LogP contribution in [-0.2, 0) is 28.5 Å². The molecule has 3 rings (SSSR count). The van der Waals surface area contributed by atoms with Gasteiger partial charge in [-0.2, -0.15) is 0 Å². The molecule has 0 aliphatic carbocycles. The Balaban J connectivity index is 1.88. The molecule has 0 saturated carbocycles. The Bertz CT molecular complexity index is 1240. The quantitative estimate of drug-likeness (QED) is 0.180. The number of carboxylic acid groups (broad SMARTS) is 1. The van der Waals surface area contributed by atoms with E-state index in [9.17, 15) is 50.4 Å². The smallest absolute Gasteiger partial charge is 0.311 e. The number of rotatable bonds is 4. The zero-order chi connectivity index (χ0) is 38.6. The fourth-order valence-corrected chi connectivity index (χ4v) is 6.67. The summed E-state index contributed by atoms with van der Waals surface area (Å²) >= 11 is 0. The summed E-state index contributed by atoms with van der Waals surface area (Å²) in [6.45, 7) is 5.45. The zero-order valence-corrected chi connectivity index (χ0v) is 30.2. The molecule has 2 saturated heterocycles. The number of allylic oxidation sites excluding steroid dienone is 7. The molecule has 2 fully saturated rings. The van der Waals surface area contributed by atoms with Gasteiger partial charge in [0.05, 0.1) is 54.9 Å². The van der Waals surface area contributed by atoms with Crippen molar-refractivity contribution in [1.29, 1.82) is 0 Å². The van der Waals surface area contributed by atoms with Gasteiger partial charge in [0.15, 0.2) is 12.1 Å². The van der Waals surface area contributed by atoms with Gasteiger partial charge in [-0.3, -0.25) is 9.59 Å². The molecule has 0 radical (unpaired) electrons. The molecule has 0 aromatic heterocycles. The average molecular weight is 742 g/mol. The number of aliphatic carboxylic acids is 1. The van der Waals surface area contributed by atoms with Crippen molar-refractivity contribution >= 4 is 11.9 Å². The number of cyclic esters (lactones) is 1. The largest absolute Gasteiger partial charge is 0.481 e. The number of carbonyl (C=O) groups is 2. The third kappa shape index (κ3) is 13.4. The van der Waals surface area contributed by atoms with Crippen molar-refractivity contribution in [3.8, 4) is 0 Å². The number of carbonyl (C=O) groups excluding carboxylic acids is 1. The Morgan fingerprint density at radius 2 is 1.60 bits per heavy atom. The van der Waals surface area contributed by atoms with Crippen LogP contribution in [0.25, 0.3) is 0 Å². The van der Waals surface area contributed by atoms with Crippen LogP contribution < -0.4 is 5.73 Å². The van der Waals surface area contributed by atoms with E-state index in [-0.39, 0.29) is 31.3 Å². The second-order valence-electron chi connectivity index (χ2n) is 14.5. The summed E-state index contributed by atoms with van der Waals surface area (Å²) in [7, 11) is 0. The molecule has 3 heterocycles. The molecule has 0 unspecified atom stereocenters. The Kier molecular flexibility index (Phi) is 17.5. The number of aliphatic hydroxyl groups excluding tert-OH is 6. The first-order valence-electron chi connectivity index (χ1n) is 18.1. The van der Waals surface area contributed by atoms with Crippen molar-refractivity contribution in [2.45, 2.75) is 158 Å². The molecular formula is C37H59NO14. The Labute approximate surface area is 305 Å². The lowest BCUT2D eigenvalue weighted by Gasteiger charge is -2.45. The Morgan fingerprint density at radius 3 is 2.27 bits per heavy atom. The van der Waals surface area contributed by atoms with E-state index in [2.05, 4.69) is 0 Å². The third-order valence-corrected chi connectivity index (χ3v) is 9.73. The maximum absolute atomic E-state index is 12.6. The molecule has 0 spiro atoms. The van der Waals surface area contributed by atoms with Gasteiger partial charge < -0.3 is 65.5 Å². The maximum atomic E-state index is 12.6. The number of hydrogen-bond acceptors (Lipinski definition) is 14.